The Kier molecular flexibility index (Phi) is 6.36. The minimum atomic E-state index is -3.70. The number of nitrogens with one attached hydrogen (secondary N) is 2. The summed E-state index contributed by atoms with van der Waals surface area (Å²) in [7, 11) is -3.70. The zero-order valence-corrected chi connectivity index (χ0v) is 17.2. The molecule has 3 rings (SSSR count). The average molecular weight is 402 g/mol. The van der Waals surface area contributed by atoms with E-state index in [9.17, 15) is 13.2 Å². The van der Waals surface area contributed by atoms with E-state index >= 15 is 0 Å². The van der Waals surface area contributed by atoms with Gasteiger partial charge < -0.3 is 10.2 Å². The van der Waals surface area contributed by atoms with Gasteiger partial charge in [-0.05, 0) is 56.0 Å². The van der Waals surface area contributed by atoms with Gasteiger partial charge in [-0.15, -0.1) is 0 Å². The fourth-order valence-corrected chi connectivity index (χ4v) is 4.69. The number of nitrogens with zero attached hydrogens (tertiary/aromatic N) is 1. The first-order valence-electron chi connectivity index (χ1n) is 9.68. The molecule has 1 saturated heterocycles. The first-order valence-corrected chi connectivity index (χ1v) is 11.2. The Morgan fingerprint density at radius 3 is 2.50 bits per heavy atom. The van der Waals surface area contributed by atoms with Gasteiger partial charge in [0.25, 0.3) is 5.91 Å². The van der Waals surface area contributed by atoms with Gasteiger partial charge in [0.1, 0.15) is 4.90 Å². The molecule has 1 aliphatic heterocycles. The third-order valence-electron chi connectivity index (χ3n) is 4.89. The lowest BCUT2D eigenvalue weighted by Crippen LogP contribution is -2.28. The van der Waals surface area contributed by atoms with Gasteiger partial charge in [-0.2, -0.15) is 0 Å². The maximum atomic E-state index is 12.9. The van der Waals surface area contributed by atoms with E-state index in [1.54, 1.807) is 12.1 Å². The molecular weight excluding hydrogens is 374 g/mol. The second-order valence-corrected chi connectivity index (χ2v) is 8.78. The molecule has 0 bridgehead atoms. The summed E-state index contributed by atoms with van der Waals surface area (Å²) < 4.78 is 28.4. The molecule has 150 valence electrons. The Labute approximate surface area is 167 Å². The van der Waals surface area contributed by atoms with Crippen LogP contribution in [0.15, 0.2) is 47.4 Å². The van der Waals surface area contributed by atoms with E-state index in [0.29, 0.717) is 29.9 Å². The quantitative estimate of drug-likeness (QED) is 0.744. The fraction of sp³-hybridized carbons (Fsp3) is 0.381. The number of rotatable bonds is 7. The summed E-state index contributed by atoms with van der Waals surface area (Å²) in [5.41, 5.74) is 2.64. The number of amides is 1. The van der Waals surface area contributed by atoms with Crippen molar-refractivity contribution in [2.45, 2.75) is 38.0 Å². The smallest absolute Gasteiger partial charge is 0.255 e. The van der Waals surface area contributed by atoms with E-state index in [4.69, 9.17) is 0 Å². The molecular formula is C21H27N3O3S. The van der Waals surface area contributed by atoms with Crippen LogP contribution < -0.4 is 14.9 Å². The maximum Gasteiger partial charge on any atom is 0.255 e. The standard InChI is InChI=1S/C21H27N3O3S/c1-3-12-22-28(26,27)20-15-17(10-11-19(20)24-13-6-7-14-24)21(25)23-18-9-5-4-8-16(18)2/h4-5,8-11,15,22H,3,6-7,12-14H2,1-2H3,(H,23,25). The number of carbonyl (C=O) groups excluding carboxylic acids is 1. The van der Waals surface area contributed by atoms with Gasteiger partial charge in [0.15, 0.2) is 0 Å². The van der Waals surface area contributed by atoms with E-state index < -0.39 is 10.0 Å². The summed E-state index contributed by atoms with van der Waals surface area (Å²) in [6, 6.07) is 12.4. The molecule has 2 N–H and O–H groups in total. The van der Waals surface area contributed by atoms with E-state index in [-0.39, 0.29) is 10.8 Å². The number of para-hydroxylation sites is 1. The molecule has 0 aliphatic carbocycles. The van der Waals surface area contributed by atoms with Crippen molar-refractivity contribution in [3.8, 4) is 0 Å². The molecule has 0 spiro atoms. The number of anilines is 2. The Balaban J connectivity index is 1.96. The minimum Gasteiger partial charge on any atom is -0.370 e. The van der Waals surface area contributed by atoms with E-state index in [0.717, 1.165) is 31.5 Å². The predicted octanol–water partition coefficient (Wildman–Crippen LogP) is 3.54. The lowest BCUT2D eigenvalue weighted by atomic mass is 10.1. The third kappa shape index (κ3) is 4.54. The highest BCUT2D eigenvalue weighted by Crippen LogP contribution is 2.29. The fourth-order valence-electron chi connectivity index (χ4n) is 3.31. The molecule has 0 saturated carbocycles. The van der Waals surface area contributed by atoms with Crippen LogP contribution in [0.1, 0.15) is 42.1 Å². The Bertz CT molecular complexity index is 951. The SMILES string of the molecule is CCCNS(=O)(=O)c1cc(C(=O)Nc2ccccc2C)ccc1N1CCCC1. The van der Waals surface area contributed by atoms with Crippen LogP contribution in [0.5, 0.6) is 0 Å². The lowest BCUT2D eigenvalue weighted by molar-refractivity contribution is 0.102. The van der Waals surface area contributed by atoms with Crippen molar-refractivity contribution >= 4 is 27.3 Å². The second kappa shape index (κ2) is 8.75. The number of hydrogen-bond acceptors (Lipinski definition) is 4. The number of benzene rings is 2. The van der Waals surface area contributed by atoms with Crippen LogP contribution in [-0.4, -0.2) is 34.0 Å². The zero-order chi connectivity index (χ0) is 20.1. The monoisotopic (exact) mass is 401 g/mol. The van der Waals surface area contributed by atoms with E-state index in [2.05, 4.69) is 14.9 Å². The highest BCUT2D eigenvalue weighted by molar-refractivity contribution is 7.89. The van der Waals surface area contributed by atoms with Gasteiger partial charge in [0.2, 0.25) is 10.0 Å². The molecule has 1 aliphatic rings. The van der Waals surface area contributed by atoms with Gasteiger partial charge in [-0.3, -0.25) is 4.79 Å². The van der Waals surface area contributed by atoms with Crippen LogP contribution in [0.3, 0.4) is 0 Å². The average Bonchev–Trinajstić information content (AvgIpc) is 3.22. The first-order chi connectivity index (χ1) is 13.4. The molecule has 28 heavy (non-hydrogen) atoms. The number of carbonyl (C=O) groups is 1. The molecule has 0 atom stereocenters. The van der Waals surface area contributed by atoms with Crippen molar-refractivity contribution in [2.24, 2.45) is 0 Å². The Morgan fingerprint density at radius 2 is 1.82 bits per heavy atom. The molecule has 6 nitrogen and oxygen atoms in total. The van der Waals surface area contributed by atoms with Crippen LogP contribution >= 0.6 is 0 Å². The highest BCUT2D eigenvalue weighted by Gasteiger charge is 2.25. The second-order valence-electron chi connectivity index (χ2n) is 7.04. The summed E-state index contributed by atoms with van der Waals surface area (Å²) >= 11 is 0. The van der Waals surface area contributed by atoms with Gasteiger partial charge in [0, 0.05) is 30.9 Å². The van der Waals surface area contributed by atoms with Crippen molar-refractivity contribution in [1.82, 2.24) is 4.72 Å². The lowest BCUT2D eigenvalue weighted by Gasteiger charge is -2.22. The Hall–Kier alpha value is -2.38. The van der Waals surface area contributed by atoms with E-state index in [1.165, 1.54) is 6.07 Å². The summed E-state index contributed by atoms with van der Waals surface area (Å²) in [5, 5.41) is 2.87. The summed E-state index contributed by atoms with van der Waals surface area (Å²) in [6.45, 7) is 5.84. The molecule has 0 unspecified atom stereocenters. The van der Waals surface area contributed by atoms with Crippen LogP contribution in [0.2, 0.25) is 0 Å². The number of aryl methyl sites for hydroxylation is 1. The maximum absolute atomic E-state index is 12.9. The van der Waals surface area contributed by atoms with Crippen LogP contribution in [0.25, 0.3) is 0 Å². The van der Waals surface area contributed by atoms with Gasteiger partial charge >= 0.3 is 0 Å². The largest absolute Gasteiger partial charge is 0.370 e. The zero-order valence-electron chi connectivity index (χ0n) is 16.4. The number of sulfonamides is 1. The summed E-state index contributed by atoms with van der Waals surface area (Å²) in [5.74, 6) is -0.325. The summed E-state index contributed by atoms with van der Waals surface area (Å²) in [6.07, 6.45) is 2.78. The van der Waals surface area contributed by atoms with Crippen molar-refractivity contribution in [2.75, 3.05) is 29.9 Å². The van der Waals surface area contributed by atoms with E-state index in [1.807, 2.05) is 38.1 Å². The molecule has 1 heterocycles. The minimum absolute atomic E-state index is 0.167. The van der Waals surface area contributed by atoms with Crippen LogP contribution in [-0.2, 0) is 10.0 Å². The normalized spacial score (nSPS) is 14.3. The molecule has 0 aromatic heterocycles. The molecule has 1 amide bonds. The first kappa shape index (κ1) is 20.4. The van der Waals surface area contributed by atoms with Crippen LogP contribution in [0.4, 0.5) is 11.4 Å². The van der Waals surface area contributed by atoms with Crippen molar-refractivity contribution < 1.29 is 13.2 Å². The molecule has 7 heteroatoms. The molecule has 2 aromatic rings. The van der Waals surface area contributed by atoms with Gasteiger partial charge in [-0.25, -0.2) is 13.1 Å². The Morgan fingerprint density at radius 1 is 1.11 bits per heavy atom. The molecule has 1 fully saturated rings. The van der Waals surface area contributed by atoms with Gasteiger partial charge in [0.05, 0.1) is 5.69 Å². The van der Waals surface area contributed by atoms with Crippen molar-refractivity contribution in [1.29, 1.82) is 0 Å². The number of hydrogen-bond donors (Lipinski definition) is 2. The molecule has 2 aromatic carbocycles. The van der Waals surface area contributed by atoms with Crippen molar-refractivity contribution in [3.63, 3.8) is 0 Å². The molecule has 0 radical (unpaired) electrons. The topological polar surface area (TPSA) is 78.5 Å². The van der Waals surface area contributed by atoms with Crippen molar-refractivity contribution in [3.05, 3.63) is 53.6 Å². The van der Waals surface area contributed by atoms with Crippen LogP contribution in [0, 0.1) is 6.92 Å². The highest BCUT2D eigenvalue weighted by atomic mass is 32.2. The third-order valence-corrected chi connectivity index (χ3v) is 6.38. The predicted molar refractivity (Wildman–Crippen MR) is 113 cm³/mol. The summed E-state index contributed by atoms with van der Waals surface area (Å²) in [4.78, 5) is 15.0. The van der Waals surface area contributed by atoms with Gasteiger partial charge in [-0.1, -0.05) is 25.1 Å².